The minimum atomic E-state index is 0. The molecule has 0 spiro atoms. The average molecular weight is 495 g/mol. The molecule has 28 heavy (non-hydrogen) atoms. The fourth-order valence-electron chi connectivity index (χ4n) is 3.00. The summed E-state index contributed by atoms with van der Waals surface area (Å²) in [6, 6.07) is 10.4. The normalized spacial score (nSPS) is 11.6. The Hall–Kier alpha value is -2.03. The molecule has 152 valence electrons. The quantitative estimate of drug-likeness (QED) is 0.185. The number of nitrogens with zero attached hydrogens (tertiary/aromatic N) is 2. The topological polar surface area (TPSA) is 78.2 Å². The Labute approximate surface area is 183 Å². The third-order valence-electron chi connectivity index (χ3n) is 4.50. The molecule has 1 aromatic carbocycles. The molecule has 3 N–H and O–H groups in total. The number of H-pyrrole nitrogens is 1. The summed E-state index contributed by atoms with van der Waals surface area (Å²) in [5, 5.41) is 12.1. The van der Waals surface area contributed by atoms with Gasteiger partial charge in [-0.05, 0) is 37.3 Å². The zero-order chi connectivity index (χ0) is 19.1. The van der Waals surface area contributed by atoms with Crippen molar-refractivity contribution in [2.45, 2.75) is 46.1 Å². The van der Waals surface area contributed by atoms with Crippen LogP contribution in [0.5, 0.6) is 0 Å². The average Bonchev–Trinajstić information content (AvgIpc) is 3.30. The fraction of sp³-hybridized carbons (Fsp3) is 0.429. The molecule has 0 saturated heterocycles. The number of halogens is 1. The minimum absolute atomic E-state index is 0. The van der Waals surface area contributed by atoms with E-state index in [0.29, 0.717) is 12.5 Å². The Morgan fingerprint density at radius 1 is 1.25 bits per heavy atom. The molecule has 2 aromatic heterocycles. The SMILES string of the molecule is CCNC(=NCc1cc(C(C)C)no1)NCCCc1c[nH]c2ccccc12.I. The molecular formula is C21H30IN5O. The molecular weight excluding hydrogens is 465 g/mol. The Balaban J connectivity index is 0.00000280. The molecule has 0 atom stereocenters. The summed E-state index contributed by atoms with van der Waals surface area (Å²) in [6.45, 7) is 8.43. The molecule has 0 saturated carbocycles. The first kappa shape index (κ1) is 22.3. The van der Waals surface area contributed by atoms with Gasteiger partial charge in [0.05, 0.1) is 5.69 Å². The van der Waals surface area contributed by atoms with Crippen LogP contribution in [-0.2, 0) is 13.0 Å². The number of aliphatic imine (C=N–C) groups is 1. The van der Waals surface area contributed by atoms with E-state index in [2.05, 4.69) is 77.0 Å². The van der Waals surface area contributed by atoms with Gasteiger partial charge in [-0.25, -0.2) is 4.99 Å². The van der Waals surface area contributed by atoms with Crippen LogP contribution in [0.2, 0.25) is 0 Å². The van der Waals surface area contributed by atoms with Gasteiger partial charge in [-0.1, -0.05) is 37.2 Å². The van der Waals surface area contributed by atoms with Gasteiger partial charge in [0.1, 0.15) is 6.54 Å². The lowest BCUT2D eigenvalue weighted by Crippen LogP contribution is -2.37. The number of aromatic amines is 1. The van der Waals surface area contributed by atoms with Crippen molar-refractivity contribution in [3.05, 3.63) is 53.5 Å². The van der Waals surface area contributed by atoms with Gasteiger partial charge in [0.25, 0.3) is 0 Å². The van der Waals surface area contributed by atoms with Crippen LogP contribution < -0.4 is 10.6 Å². The highest BCUT2D eigenvalue weighted by atomic mass is 127. The van der Waals surface area contributed by atoms with Crippen molar-refractivity contribution in [3.63, 3.8) is 0 Å². The van der Waals surface area contributed by atoms with Crippen molar-refractivity contribution in [2.24, 2.45) is 4.99 Å². The number of fused-ring (bicyclic) bond motifs is 1. The summed E-state index contributed by atoms with van der Waals surface area (Å²) < 4.78 is 5.35. The molecule has 6 nitrogen and oxygen atoms in total. The van der Waals surface area contributed by atoms with Crippen molar-refractivity contribution < 1.29 is 4.52 Å². The third kappa shape index (κ3) is 5.98. The molecule has 3 rings (SSSR count). The monoisotopic (exact) mass is 495 g/mol. The molecule has 0 aliphatic rings. The number of aryl methyl sites for hydroxylation is 1. The second kappa shape index (κ2) is 11.1. The Bertz CT molecular complexity index is 884. The number of hydrogen-bond donors (Lipinski definition) is 3. The highest BCUT2D eigenvalue weighted by molar-refractivity contribution is 14.0. The maximum Gasteiger partial charge on any atom is 0.191 e. The first-order valence-electron chi connectivity index (χ1n) is 9.70. The van der Waals surface area contributed by atoms with E-state index in [1.807, 2.05) is 6.07 Å². The van der Waals surface area contributed by atoms with Gasteiger partial charge in [-0.2, -0.15) is 0 Å². The summed E-state index contributed by atoms with van der Waals surface area (Å²) in [7, 11) is 0. The van der Waals surface area contributed by atoms with E-state index < -0.39 is 0 Å². The van der Waals surface area contributed by atoms with Crippen LogP contribution in [0.15, 0.2) is 46.0 Å². The van der Waals surface area contributed by atoms with Crippen molar-refractivity contribution in [1.82, 2.24) is 20.8 Å². The number of benzene rings is 1. The van der Waals surface area contributed by atoms with Gasteiger partial charge in [-0.15, -0.1) is 24.0 Å². The molecule has 2 heterocycles. The predicted molar refractivity (Wildman–Crippen MR) is 125 cm³/mol. The van der Waals surface area contributed by atoms with Crippen molar-refractivity contribution in [2.75, 3.05) is 13.1 Å². The summed E-state index contributed by atoms with van der Waals surface area (Å²) in [4.78, 5) is 7.93. The Kier molecular flexibility index (Phi) is 8.82. The van der Waals surface area contributed by atoms with Gasteiger partial charge < -0.3 is 20.1 Å². The zero-order valence-corrected chi connectivity index (χ0v) is 19.1. The van der Waals surface area contributed by atoms with E-state index in [9.17, 15) is 0 Å². The predicted octanol–water partition coefficient (Wildman–Crippen LogP) is 4.59. The van der Waals surface area contributed by atoms with Crippen molar-refractivity contribution in [1.29, 1.82) is 0 Å². The molecule has 0 bridgehead atoms. The summed E-state index contributed by atoms with van der Waals surface area (Å²) >= 11 is 0. The highest BCUT2D eigenvalue weighted by Crippen LogP contribution is 2.18. The van der Waals surface area contributed by atoms with Crippen LogP contribution in [0.3, 0.4) is 0 Å². The van der Waals surface area contributed by atoms with E-state index in [0.717, 1.165) is 43.3 Å². The molecule has 0 aliphatic carbocycles. The fourth-order valence-corrected chi connectivity index (χ4v) is 3.00. The second-order valence-corrected chi connectivity index (χ2v) is 6.96. The minimum Gasteiger partial charge on any atom is -0.361 e. The standard InChI is InChI=1S/C21H29N5O.HI/c1-4-22-21(25-14-17-12-20(15(2)3)26-27-17)23-11-7-8-16-13-24-19-10-6-5-9-18(16)19;/h5-6,9-10,12-13,15,24H,4,7-8,11,14H2,1-3H3,(H2,22,23,25);1H. The molecule has 0 amide bonds. The molecule has 0 radical (unpaired) electrons. The van der Waals surface area contributed by atoms with E-state index in [-0.39, 0.29) is 24.0 Å². The van der Waals surface area contributed by atoms with Gasteiger partial charge in [0.2, 0.25) is 0 Å². The summed E-state index contributed by atoms with van der Waals surface area (Å²) in [5.74, 6) is 1.95. The van der Waals surface area contributed by atoms with E-state index in [1.54, 1.807) is 0 Å². The molecule has 7 heteroatoms. The second-order valence-electron chi connectivity index (χ2n) is 6.96. The molecule has 0 unspecified atom stereocenters. The van der Waals surface area contributed by atoms with Gasteiger partial charge in [0.15, 0.2) is 11.7 Å². The van der Waals surface area contributed by atoms with E-state index >= 15 is 0 Å². The number of aromatic nitrogens is 2. The molecule has 3 aromatic rings. The van der Waals surface area contributed by atoms with Crippen LogP contribution in [0, 0.1) is 0 Å². The number of hydrogen-bond acceptors (Lipinski definition) is 3. The Morgan fingerprint density at radius 3 is 2.82 bits per heavy atom. The highest BCUT2D eigenvalue weighted by Gasteiger charge is 2.08. The number of guanidine groups is 1. The van der Waals surface area contributed by atoms with Crippen LogP contribution in [-0.4, -0.2) is 29.2 Å². The smallest absolute Gasteiger partial charge is 0.191 e. The number of rotatable bonds is 8. The first-order valence-corrected chi connectivity index (χ1v) is 9.70. The van der Waals surface area contributed by atoms with Crippen LogP contribution in [0.4, 0.5) is 0 Å². The lowest BCUT2D eigenvalue weighted by atomic mass is 10.1. The van der Waals surface area contributed by atoms with Crippen LogP contribution in [0.25, 0.3) is 10.9 Å². The number of nitrogens with one attached hydrogen (secondary N) is 3. The van der Waals surface area contributed by atoms with E-state index in [1.165, 1.54) is 16.5 Å². The lowest BCUT2D eigenvalue weighted by molar-refractivity contribution is 0.376. The van der Waals surface area contributed by atoms with Crippen molar-refractivity contribution >= 4 is 40.8 Å². The summed E-state index contributed by atoms with van der Waals surface area (Å²) in [6.07, 6.45) is 4.17. The van der Waals surface area contributed by atoms with Crippen LogP contribution in [0.1, 0.15) is 50.1 Å². The first-order chi connectivity index (χ1) is 13.2. The van der Waals surface area contributed by atoms with Crippen molar-refractivity contribution in [3.8, 4) is 0 Å². The van der Waals surface area contributed by atoms with Crippen LogP contribution >= 0.6 is 24.0 Å². The maximum atomic E-state index is 5.35. The molecule has 0 aliphatic heterocycles. The van der Waals surface area contributed by atoms with Gasteiger partial charge in [-0.3, -0.25) is 0 Å². The van der Waals surface area contributed by atoms with E-state index in [4.69, 9.17) is 4.52 Å². The Morgan fingerprint density at radius 2 is 2.07 bits per heavy atom. The molecule has 0 fully saturated rings. The zero-order valence-electron chi connectivity index (χ0n) is 16.8. The largest absolute Gasteiger partial charge is 0.361 e. The number of para-hydroxylation sites is 1. The lowest BCUT2D eigenvalue weighted by Gasteiger charge is -2.10. The van der Waals surface area contributed by atoms with Gasteiger partial charge >= 0.3 is 0 Å². The summed E-state index contributed by atoms with van der Waals surface area (Å²) in [5.41, 5.74) is 3.53. The maximum absolute atomic E-state index is 5.35. The third-order valence-corrected chi connectivity index (χ3v) is 4.50. The van der Waals surface area contributed by atoms with Gasteiger partial charge in [0, 0.05) is 36.3 Å².